The topological polar surface area (TPSA) is 57.2 Å². The Morgan fingerprint density at radius 1 is 1.00 bits per heavy atom. The lowest BCUT2D eigenvalue weighted by atomic mass is 10.3. The lowest BCUT2D eigenvalue weighted by Crippen LogP contribution is -2.39. The highest BCUT2D eigenvalue weighted by atomic mass is 16.5. The molecule has 0 atom stereocenters. The normalized spacial score (nSPS) is 10.2. The molecule has 0 aromatic heterocycles. The second-order valence-electron chi connectivity index (χ2n) is 4.31. The Bertz CT molecular complexity index is 416. The summed E-state index contributed by atoms with van der Waals surface area (Å²) >= 11 is 0. The molecular weight excluding hydrogens is 274 g/mol. The van der Waals surface area contributed by atoms with E-state index in [9.17, 15) is 4.79 Å². The Balaban J connectivity index is 2.55. The first kappa shape index (κ1) is 17.3. The number of rotatable bonds is 10. The van der Waals surface area contributed by atoms with Crippen LogP contribution in [0.5, 0.6) is 11.5 Å². The Morgan fingerprint density at radius 3 is 2.10 bits per heavy atom. The van der Waals surface area contributed by atoms with Gasteiger partial charge in [0.1, 0.15) is 0 Å². The van der Waals surface area contributed by atoms with Crippen molar-refractivity contribution in [2.75, 3.05) is 54.2 Å². The smallest absolute Gasteiger partial charge is 0.260 e. The molecule has 0 aliphatic carbocycles. The highest BCUT2D eigenvalue weighted by Gasteiger charge is 2.14. The van der Waals surface area contributed by atoms with Crippen LogP contribution in [0.4, 0.5) is 0 Å². The van der Waals surface area contributed by atoms with E-state index in [1.807, 2.05) is 12.1 Å². The largest absolute Gasteiger partial charge is 0.493 e. The van der Waals surface area contributed by atoms with Gasteiger partial charge in [-0.3, -0.25) is 4.79 Å². The van der Waals surface area contributed by atoms with Crippen LogP contribution in [0.1, 0.15) is 0 Å². The van der Waals surface area contributed by atoms with Crippen molar-refractivity contribution < 1.29 is 23.7 Å². The lowest BCUT2D eigenvalue weighted by molar-refractivity contribution is -0.134. The quantitative estimate of drug-likeness (QED) is 0.649. The Hall–Kier alpha value is -1.79. The van der Waals surface area contributed by atoms with Gasteiger partial charge in [-0.2, -0.15) is 0 Å². The number of hydrogen-bond donors (Lipinski definition) is 0. The van der Waals surface area contributed by atoms with E-state index >= 15 is 0 Å². The molecule has 1 aromatic carbocycles. The van der Waals surface area contributed by atoms with Crippen LogP contribution < -0.4 is 9.47 Å². The lowest BCUT2D eigenvalue weighted by Gasteiger charge is -2.22. The first-order valence-electron chi connectivity index (χ1n) is 6.74. The number of carbonyl (C=O) groups is 1. The molecule has 0 fully saturated rings. The molecule has 0 saturated heterocycles. The zero-order chi connectivity index (χ0) is 15.5. The summed E-state index contributed by atoms with van der Waals surface area (Å²) in [6.07, 6.45) is 0. The fraction of sp³-hybridized carbons (Fsp3) is 0.533. The molecule has 0 bridgehead atoms. The van der Waals surface area contributed by atoms with E-state index in [1.165, 1.54) is 0 Å². The van der Waals surface area contributed by atoms with Gasteiger partial charge in [0.05, 0.1) is 20.3 Å². The van der Waals surface area contributed by atoms with E-state index in [0.29, 0.717) is 37.8 Å². The SMILES string of the molecule is COCCN(CCOC)C(=O)COc1ccccc1OC. The van der Waals surface area contributed by atoms with Crippen LogP contribution in [0.15, 0.2) is 24.3 Å². The third-order valence-corrected chi connectivity index (χ3v) is 2.90. The summed E-state index contributed by atoms with van der Waals surface area (Å²) in [7, 11) is 4.77. The van der Waals surface area contributed by atoms with Gasteiger partial charge in [-0.25, -0.2) is 0 Å². The number of para-hydroxylation sites is 2. The van der Waals surface area contributed by atoms with E-state index in [4.69, 9.17) is 18.9 Å². The van der Waals surface area contributed by atoms with E-state index < -0.39 is 0 Å². The number of carbonyl (C=O) groups excluding carboxylic acids is 1. The average Bonchev–Trinajstić information content (AvgIpc) is 2.53. The third kappa shape index (κ3) is 6.01. The Kier molecular flexibility index (Phi) is 8.23. The van der Waals surface area contributed by atoms with Crippen LogP contribution in [0, 0.1) is 0 Å². The van der Waals surface area contributed by atoms with Crippen molar-refractivity contribution in [2.24, 2.45) is 0 Å². The second-order valence-corrected chi connectivity index (χ2v) is 4.31. The Labute approximate surface area is 125 Å². The zero-order valence-electron chi connectivity index (χ0n) is 12.8. The maximum atomic E-state index is 12.2. The number of ether oxygens (including phenoxy) is 4. The summed E-state index contributed by atoms with van der Waals surface area (Å²) < 4.78 is 20.7. The van der Waals surface area contributed by atoms with Crippen LogP contribution >= 0.6 is 0 Å². The van der Waals surface area contributed by atoms with Crippen LogP contribution in [0.25, 0.3) is 0 Å². The third-order valence-electron chi connectivity index (χ3n) is 2.90. The molecule has 1 amide bonds. The maximum absolute atomic E-state index is 12.2. The van der Waals surface area contributed by atoms with E-state index in [-0.39, 0.29) is 12.5 Å². The molecule has 0 aliphatic rings. The summed E-state index contributed by atoms with van der Waals surface area (Å²) in [6.45, 7) is 1.92. The number of amides is 1. The number of methoxy groups -OCH3 is 3. The highest BCUT2D eigenvalue weighted by molar-refractivity contribution is 5.77. The summed E-state index contributed by atoms with van der Waals surface area (Å²) in [6, 6.07) is 7.22. The average molecular weight is 297 g/mol. The molecule has 118 valence electrons. The van der Waals surface area contributed by atoms with Crippen molar-refractivity contribution in [1.82, 2.24) is 4.90 Å². The molecule has 1 aromatic rings. The van der Waals surface area contributed by atoms with Gasteiger partial charge in [0.15, 0.2) is 18.1 Å². The molecule has 21 heavy (non-hydrogen) atoms. The first-order chi connectivity index (χ1) is 10.2. The van der Waals surface area contributed by atoms with Gasteiger partial charge in [-0.05, 0) is 12.1 Å². The van der Waals surface area contributed by atoms with Gasteiger partial charge in [0.25, 0.3) is 5.91 Å². The molecule has 0 unspecified atom stereocenters. The van der Waals surface area contributed by atoms with Crippen molar-refractivity contribution in [3.05, 3.63) is 24.3 Å². The molecule has 6 nitrogen and oxygen atoms in total. The van der Waals surface area contributed by atoms with Crippen molar-refractivity contribution in [3.8, 4) is 11.5 Å². The number of nitrogens with zero attached hydrogens (tertiary/aromatic N) is 1. The summed E-state index contributed by atoms with van der Waals surface area (Å²) in [5, 5.41) is 0. The fourth-order valence-electron chi connectivity index (χ4n) is 1.73. The van der Waals surface area contributed by atoms with Crippen molar-refractivity contribution in [1.29, 1.82) is 0 Å². The molecular formula is C15H23NO5. The zero-order valence-corrected chi connectivity index (χ0v) is 12.8. The predicted octanol–water partition coefficient (Wildman–Crippen LogP) is 1.20. The van der Waals surface area contributed by atoms with E-state index in [2.05, 4.69) is 0 Å². The van der Waals surface area contributed by atoms with E-state index in [0.717, 1.165) is 0 Å². The maximum Gasteiger partial charge on any atom is 0.260 e. The van der Waals surface area contributed by atoms with Gasteiger partial charge in [-0.15, -0.1) is 0 Å². The van der Waals surface area contributed by atoms with Gasteiger partial charge >= 0.3 is 0 Å². The number of hydrogen-bond acceptors (Lipinski definition) is 5. The molecule has 0 aliphatic heterocycles. The highest BCUT2D eigenvalue weighted by Crippen LogP contribution is 2.25. The fourth-order valence-corrected chi connectivity index (χ4v) is 1.73. The molecule has 6 heteroatoms. The van der Waals surface area contributed by atoms with Crippen LogP contribution in [-0.4, -0.2) is 65.0 Å². The van der Waals surface area contributed by atoms with Gasteiger partial charge in [0, 0.05) is 27.3 Å². The predicted molar refractivity (Wildman–Crippen MR) is 78.8 cm³/mol. The first-order valence-corrected chi connectivity index (χ1v) is 6.74. The molecule has 0 saturated carbocycles. The minimum atomic E-state index is -0.116. The molecule has 0 heterocycles. The minimum absolute atomic E-state index is 0.0478. The minimum Gasteiger partial charge on any atom is -0.493 e. The standard InChI is InChI=1S/C15H23NO5/c1-18-10-8-16(9-11-19-2)15(17)12-21-14-7-5-4-6-13(14)20-3/h4-7H,8-12H2,1-3H3. The summed E-state index contributed by atoms with van der Waals surface area (Å²) in [4.78, 5) is 13.8. The second kappa shape index (κ2) is 10.0. The molecule has 0 radical (unpaired) electrons. The van der Waals surface area contributed by atoms with Gasteiger partial charge in [0.2, 0.25) is 0 Å². The monoisotopic (exact) mass is 297 g/mol. The van der Waals surface area contributed by atoms with Crippen molar-refractivity contribution in [2.45, 2.75) is 0 Å². The van der Waals surface area contributed by atoms with Gasteiger partial charge < -0.3 is 23.8 Å². The summed E-state index contributed by atoms with van der Waals surface area (Å²) in [5.74, 6) is 1.03. The van der Waals surface area contributed by atoms with Crippen LogP contribution in [-0.2, 0) is 14.3 Å². The molecule has 0 N–H and O–H groups in total. The van der Waals surface area contributed by atoms with Crippen molar-refractivity contribution in [3.63, 3.8) is 0 Å². The Morgan fingerprint density at radius 2 is 1.57 bits per heavy atom. The number of benzene rings is 1. The molecule has 0 spiro atoms. The van der Waals surface area contributed by atoms with Crippen LogP contribution in [0.2, 0.25) is 0 Å². The van der Waals surface area contributed by atoms with Crippen LogP contribution in [0.3, 0.4) is 0 Å². The summed E-state index contributed by atoms with van der Waals surface area (Å²) in [5.41, 5.74) is 0. The molecule has 1 rings (SSSR count). The van der Waals surface area contributed by atoms with Gasteiger partial charge in [-0.1, -0.05) is 12.1 Å². The van der Waals surface area contributed by atoms with E-state index in [1.54, 1.807) is 38.4 Å². The van der Waals surface area contributed by atoms with Crippen molar-refractivity contribution >= 4 is 5.91 Å².